The molecule has 0 aliphatic carbocycles. The Morgan fingerprint density at radius 2 is 1.27 bits per heavy atom. The van der Waals surface area contributed by atoms with Gasteiger partial charge in [-0.1, -0.05) is 91.7 Å². The molecule has 0 radical (unpaired) electrons. The predicted molar refractivity (Wildman–Crippen MR) is 114 cm³/mol. The van der Waals surface area contributed by atoms with Gasteiger partial charge in [-0.3, -0.25) is 0 Å². The molecule has 3 aromatic rings. The van der Waals surface area contributed by atoms with Crippen LogP contribution in [0.4, 0.5) is 0 Å². The minimum absolute atomic E-state index is 0.794. The highest BCUT2D eigenvalue weighted by Crippen LogP contribution is 2.07. The van der Waals surface area contributed by atoms with Crippen molar-refractivity contribution in [3.8, 4) is 5.75 Å². The molecule has 138 valence electrons. The maximum atomic E-state index is 5.54. The molecule has 0 unspecified atom stereocenters. The van der Waals surface area contributed by atoms with E-state index in [1.54, 1.807) is 0 Å². The first-order valence-electron chi connectivity index (χ1n) is 9.09. The molecular formula is C24H29ClO. The number of benzene rings is 3. The average molecular weight is 369 g/mol. The lowest BCUT2D eigenvalue weighted by Gasteiger charge is -2.01. The van der Waals surface area contributed by atoms with Crippen LogP contribution in [0.15, 0.2) is 84.9 Å². The fourth-order valence-corrected chi connectivity index (χ4v) is 2.12. The Hall–Kier alpha value is -2.25. The van der Waals surface area contributed by atoms with Crippen molar-refractivity contribution in [2.45, 2.75) is 33.6 Å². The van der Waals surface area contributed by atoms with Gasteiger partial charge in [0.15, 0.2) is 0 Å². The SMILES string of the molecule is CCCOc1ccccc1.CCc1ccc(C)cc1.Clc1ccccc1. The molecule has 2 heteroatoms. The van der Waals surface area contributed by atoms with Crippen LogP contribution in [-0.4, -0.2) is 6.61 Å². The van der Waals surface area contributed by atoms with E-state index in [9.17, 15) is 0 Å². The summed E-state index contributed by atoms with van der Waals surface area (Å²) in [6.07, 6.45) is 2.20. The van der Waals surface area contributed by atoms with Crippen molar-refractivity contribution in [1.82, 2.24) is 0 Å². The molecule has 0 saturated heterocycles. The first kappa shape index (κ1) is 21.8. The fourth-order valence-electron chi connectivity index (χ4n) is 1.98. The predicted octanol–water partition coefficient (Wildman–Crippen LogP) is 7.37. The lowest BCUT2D eigenvalue weighted by molar-refractivity contribution is 0.317. The molecule has 0 fully saturated rings. The second kappa shape index (κ2) is 14.0. The zero-order valence-corrected chi connectivity index (χ0v) is 16.7. The van der Waals surface area contributed by atoms with Crippen LogP contribution in [0.3, 0.4) is 0 Å². The Labute approximate surface area is 163 Å². The van der Waals surface area contributed by atoms with Gasteiger partial charge in [0.2, 0.25) is 0 Å². The van der Waals surface area contributed by atoms with Crippen molar-refractivity contribution in [1.29, 1.82) is 0 Å². The van der Waals surface area contributed by atoms with Crippen molar-refractivity contribution < 1.29 is 4.74 Å². The molecule has 1 nitrogen and oxygen atoms in total. The summed E-state index contributed by atoms with van der Waals surface area (Å²) in [7, 11) is 0. The average Bonchev–Trinajstić information content (AvgIpc) is 2.69. The summed E-state index contributed by atoms with van der Waals surface area (Å²) in [6, 6.07) is 28.0. The molecule has 0 atom stereocenters. The number of hydrogen-bond acceptors (Lipinski definition) is 1. The van der Waals surface area contributed by atoms with E-state index in [-0.39, 0.29) is 0 Å². The number of hydrogen-bond donors (Lipinski definition) is 0. The van der Waals surface area contributed by atoms with E-state index >= 15 is 0 Å². The zero-order valence-electron chi connectivity index (χ0n) is 16.0. The molecule has 3 aromatic carbocycles. The Bertz CT molecular complexity index is 678. The van der Waals surface area contributed by atoms with Gasteiger partial charge in [-0.05, 0) is 49.6 Å². The van der Waals surface area contributed by atoms with Crippen LogP contribution in [0.2, 0.25) is 5.02 Å². The monoisotopic (exact) mass is 368 g/mol. The standard InChI is InChI=1S/C9H12O.C9H12.C6H5Cl/c1-2-8-10-9-6-4-3-5-7-9;1-3-9-6-4-8(2)5-7-9;7-6-4-2-1-3-5-6/h3-7H,2,8H2,1H3;4-7H,3H2,1-2H3;1-5H. The van der Waals surface area contributed by atoms with Crippen molar-refractivity contribution in [3.63, 3.8) is 0 Å². The van der Waals surface area contributed by atoms with Crippen molar-refractivity contribution in [2.75, 3.05) is 6.61 Å². The lowest BCUT2D eigenvalue weighted by atomic mass is 10.1. The maximum absolute atomic E-state index is 5.54. The summed E-state index contributed by atoms with van der Waals surface area (Å²) in [5, 5.41) is 0.794. The third-order valence-electron chi connectivity index (χ3n) is 3.48. The molecule has 0 heterocycles. The molecule has 0 aliphatic rings. The number of aryl methyl sites for hydroxylation is 2. The minimum atomic E-state index is 0.794. The van der Waals surface area contributed by atoms with Crippen LogP contribution in [0.25, 0.3) is 0 Å². The van der Waals surface area contributed by atoms with Gasteiger partial charge in [0.25, 0.3) is 0 Å². The number of halogens is 1. The van der Waals surface area contributed by atoms with Gasteiger partial charge in [0.1, 0.15) is 5.75 Å². The van der Waals surface area contributed by atoms with Crippen LogP contribution in [0.1, 0.15) is 31.4 Å². The summed E-state index contributed by atoms with van der Waals surface area (Å²) >= 11 is 5.54. The summed E-state index contributed by atoms with van der Waals surface area (Å²) < 4.78 is 5.36. The van der Waals surface area contributed by atoms with Gasteiger partial charge >= 0.3 is 0 Å². The van der Waals surface area contributed by atoms with Crippen LogP contribution >= 0.6 is 11.6 Å². The highest BCUT2D eigenvalue weighted by Gasteiger charge is 1.86. The van der Waals surface area contributed by atoms with Gasteiger partial charge < -0.3 is 4.74 Å². The molecular weight excluding hydrogens is 340 g/mol. The molecule has 0 amide bonds. The van der Waals surface area contributed by atoms with Crippen LogP contribution < -0.4 is 4.74 Å². The van der Waals surface area contributed by atoms with Crippen LogP contribution in [-0.2, 0) is 6.42 Å². The van der Waals surface area contributed by atoms with E-state index in [1.165, 1.54) is 11.1 Å². The smallest absolute Gasteiger partial charge is 0.119 e. The lowest BCUT2D eigenvalue weighted by Crippen LogP contribution is -1.93. The van der Waals surface area contributed by atoms with E-state index < -0.39 is 0 Å². The fraction of sp³-hybridized carbons (Fsp3) is 0.250. The summed E-state index contributed by atoms with van der Waals surface area (Å²) in [6.45, 7) is 7.19. The number of ether oxygens (including phenoxy) is 1. The van der Waals surface area contributed by atoms with Gasteiger partial charge in [-0.25, -0.2) is 0 Å². The number of para-hydroxylation sites is 1. The maximum Gasteiger partial charge on any atom is 0.119 e. The topological polar surface area (TPSA) is 9.23 Å². The van der Waals surface area contributed by atoms with E-state index in [0.717, 1.165) is 30.2 Å². The second-order valence-electron chi connectivity index (χ2n) is 5.80. The van der Waals surface area contributed by atoms with Gasteiger partial charge in [0.05, 0.1) is 6.61 Å². The second-order valence-corrected chi connectivity index (χ2v) is 6.23. The van der Waals surface area contributed by atoms with E-state index in [1.807, 2.05) is 60.7 Å². The summed E-state index contributed by atoms with van der Waals surface area (Å²) in [4.78, 5) is 0. The minimum Gasteiger partial charge on any atom is -0.494 e. The first-order chi connectivity index (χ1) is 12.7. The molecule has 26 heavy (non-hydrogen) atoms. The van der Waals surface area contributed by atoms with Crippen molar-refractivity contribution in [3.05, 3.63) is 101 Å². The van der Waals surface area contributed by atoms with Crippen LogP contribution in [0, 0.1) is 6.92 Å². The molecule has 0 aromatic heterocycles. The van der Waals surface area contributed by atoms with Gasteiger partial charge in [-0.15, -0.1) is 0 Å². The van der Waals surface area contributed by atoms with E-state index in [2.05, 4.69) is 45.0 Å². The van der Waals surface area contributed by atoms with Gasteiger partial charge in [-0.2, -0.15) is 0 Å². The third kappa shape index (κ3) is 10.6. The Morgan fingerprint density at radius 3 is 1.69 bits per heavy atom. The highest BCUT2D eigenvalue weighted by molar-refractivity contribution is 6.30. The third-order valence-corrected chi connectivity index (χ3v) is 3.73. The van der Waals surface area contributed by atoms with Crippen molar-refractivity contribution in [2.24, 2.45) is 0 Å². The quantitative estimate of drug-likeness (QED) is 0.467. The number of rotatable bonds is 4. The van der Waals surface area contributed by atoms with E-state index in [4.69, 9.17) is 16.3 Å². The van der Waals surface area contributed by atoms with Gasteiger partial charge in [0, 0.05) is 5.02 Å². The normalized spacial score (nSPS) is 9.23. The molecule has 0 bridgehead atoms. The Morgan fingerprint density at radius 1 is 0.731 bits per heavy atom. The van der Waals surface area contributed by atoms with Crippen LogP contribution in [0.5, 0.6) is 5.75 Å². The zero-order chi connectivity index (χ0) is 19.0. The van der Waals surface area contributed by atoms with E-state index in [0.29, 0.717) is 0 Å². The largest absolute Gasteiger partial charge is 0.494 e. The molecule has 0 spiro atoms. The molecule has 3 rings (SSSR count). The molecule has 0 saturated carbocycles. The Kier molecular flexibility index (Phi) is 11.7. The molecule has 0 aliphatic heterocycles. The highest BCUT2D eigenvalue weighted by atomic mass is 35.5. The summed E-state index contributed by atoms with van der Waals surface area (Å²) in [5.41, 5.74) is 2.76. The molecule has 0 N–H and O–H groups in total. The van der Waals surface area contributed by atoms with Crippen molar-refractivity contribution >= 4 is 11.6 Å². The first-order valence-corrected chi connectivity index (χ1v) is 9.47. The Balaban J connectivity index is 0.000000198. The summed E-state index contributed by atoms with van der Waals surface area (Å²) in [5.74, 6) is 0.962.